The smallest absolute Gasteiger partial charge is 0.258 e. The van der Waals surface area contributed by atoms with Gasteiger partial charge in [0, 0.05) is 6.07 Å². The number of halogens is 5. The van der Waals surface area contributed by atoms with Gasteiger partial charge < -0.3 is 0 Å². The average Bonchev–Trinajstić information content (AvgIpc) is 2.15. The van der Waals surface area contributed by atoms with Crippen LogP contribution in [0.15, 0.2) is 12.1 Å². The standard InChI is InChI=1S/C7H3F5N2O2/c8-6(9)5-3(14(15)16)1-2-4(13-5)7(10,11)12/h1-2,6H. The number of nitrogens with zero attached hydrogens (tertiary/aromatic N) is 2. The highest BCUT2D eigenvalue weighted by molar-refractivity contribution is 5.37. The Bertz CT molecular complexity index is 418. The molecule has 1 rings (SSSR count). The summed E-state index contributed by atoms with van der Waals surface area (Å²) in [6, 6.07) is 0.640. The topological polar surface area (TPSA) is 56.0 Å². The Hall–Kier alpha value is -1.80. The molecule has 0 atom stereocenters. The van der Waals surface area contributed by atoms with Crippen LogP contribution in [0.25, 0.3) is 0 Å². The summed E-state index contributed by atoms with van der Waals surface area (Å²) < 4.78 is 60.7. The van der Waals surface area contributed by atoms with Crippen molar-refractivity contribution in [3.63, 3.8) is 0 Å². The Labute approximate surface area is 84.9 Å². The van der Waals surface area contributed by atoms with E-state index in [9.17, 15) is 32.1 Å². The molecular formula is C7H3F5N2O2. The van der Waals surface area contributed by atoms with E-state index in [4.69, 9.17) is 0 Å². The lowest BCUT2D eigenvalue weighted by Gasteiger charge is -2.07. The molecule has 0 fully saturated rings. The molecule has 0 N–H and O–H groups in total. The summed E-state index contributed by atoms with van der Waals surface area (Å²) in [5.74, 6) is 0. The molecule has 0 bridgehead atoms. The highest BCUT2D eigenvalue weighted by Crippen LogP contribution is 2.33. The quantitative estimate of drug-likeness (QED) is 0.455. The predicted octanol–water partition coefficient (Wildman–Crippen LogP) is 2.95. The van der Waals surface area contributed by atoms with Gasteiger partial charge in [-0.05, 0) is 6.07 Å². The highest BCUT2D eigenvalue weighted by atomic mass is 19.4. The Morgan fingerprint density at radius 2 is 1.88 bits per heavy atom. The Kier molecular flexibility index (Phi) is 3.06. The fraction of sp³-hybridized carbons (Fsp3) is 0.286. The van der Waals surface area contributed by atoms with E-state index in [0.717, 1.165) is 0 Å². The van der Waals surface area contributed by atoms with Gasteiger partial charge in [-0.3, -0.25) is 10.1 Å². The van der Waals surface area contributed by atoms with E-state index in [1.54, 1.807) is 0 Å². The molecule has 0 aromatic carbocycles. The molecule has 0 saturated heterocycles. The van der Waals surface area contributed by atoms with E-state index in [1.165, 1.54) is 0 Å². The van der Waals surface area contributed by atoms with E-state index in [0.29, 0.717) is 6.07 Å². The summed E-state index contributed by atoms with van der Waals surface area (Å²) in [7, 11) is 0. The van der Waals surface area contributed by atoms with Crippen molar-refractivity contribution in [3.05, 3.63) is 33.6 Å². The Morgan fingerprint density at radius 3 is 2.25 bits per heavy atom. The normalized spacial score (nSPS) is 11.9. The maximum absolute atomic E-state index is 12.2. The molecule has 4 nitrogen and oxygen atoms in total. The van der Waals surface area contributed by atoms with E-state index in [2.05, 4.69) is 4.98 Å². The number of aromatic nitrogens is 1. The zero-order valence-corrected chi connectivity index (χ0v) is 7.33. The van der Waals surface area contributed by atoms with Crippen LogP contribution in [0.4, 0.5) is 27.6 Å². The van der Waals surface area contributed by atoms with Crippen molar-refractivity contribution in [2.24, 2.45) is 0 Å². The number of alkyl halides is 5. The van der Waals surface area contributed by atoms with Gasteiger partial charge in [0.2, 0.25) is 0 Å². The first-order chi connectivity index (χ1) is 7.23. The van der Waals surface area contributed by atoms with E-state index in [1.807, 2.05) is 0 Å². The van der Waals surface area contributed by atoms with Gasteiger partial charge in [-0.25, -0.2) is 13.8 Å². The summed E-state index contributed by atoms with van der Waals surface area (Å²) in [5, 5.41) is 10.2. The first-order valence-electron chi connectivity index (χ1n) is 3.74. The third-order valence-corrected chi connectivity index (χ3v) is 1.60. The molecule has 9 heteroatoms. The molecule has 0 aliphatic rings. The van der Waals surface area contributed by atoms with Crippen molar-refractivity contribution in [2.45, 2.75) is 12.6 Å². The number of hydrogen-bond acceptors (Lipinski definition) is 3. The van der Waals surface area contributed by atoms with Crippen LogP contribution in [-0.2, 0) is 6.18 Å². The molecular weight excluding hydrogens is 239 g/mol. The lowest BCUT2D eigenvalue weighted by molar-refractivity contribution is -0.386. The molecule has 88 valence electrons. The first-order valence-corrected chi connectivity index (χ1v) is 3.74. The number of rotatable bonds is 2. The van der Waals surface area contributed by atoms with Crippen LogP contribution in [0.5, 0.6) is 0 Å². The van der Waals surface area contributed by atoms with Crippen molar-refractivity contribution in [1.82, 2.24) is 4.98 Å². The van der Waals surface area contributed by atoms with Gasteiger partial charge in [0.1, 0.15) is 5.69 Å². The molecule has 1 heterocycles. The molecule has 16 heavy (non-hydrogen) atoms. The Balaban J connectivity index is 3.34. The van der Waals surface area contributed by atoms with Crippen LogP contribution >= 0.6 is 0 Å². The third kappa shape index (κ3) is 2.41. The lowest BCUT2D eigenvalue weighted by Crippen LogP contribution is -2.11. The van der Waals surface area contributed by atoms with Crippen LogP contribution < -0.4 is 0 Å². The highest BCUT2D eigenvalue weighted by Gasteiger charge is 2.35. The molecule has 0 aliphatic heterocycles. The summed E-state index contributed by atoms with van der Waals surface area (Å²) in [6.07, 6.45) is -8.36. The second kappa shape index (κ2) is 3.99. The largest absolute Gasteiger partial charge is 0.433 e. The third-order valence-electron chi connectivity index (χ3n) is 1.60. The minimum atomic E-state index is -4.92. The van der Waals surface area contributed by atoms with Crippen LogP contribution in [0.2, 0.25) is 0 Å². The first kappa shape index (κ1) is 12.3. The van der Waals surface area contributed by atoms with Crippen LogP contribution in [0.3, 0.4) is 0 Å². The molecule has 0 radical (unpaired) electrons. The van der Waals surface area contributed by atoms with E-state index >= 15 is 0 Å². The SMILES string of the molecule is O=[N+]([O-])c1ccc(C(F)(F)F)nc1C(F)F. The van der Waals surface area contributed by atoms with Gasteiger partial charge in [-0.15, -0.1) is 0 Å². The summed E-state index contributed by atoms with van der Waals surface area (Å²) in [6.45, 7) is 0. The Morgan fingerprint density at radius 1 is 1.31 bits per heavy atom. The van der Waals surface area contributed by atoms with Gasteiger partial charge in [-0.2, -0.15) is 13.2 Å². The minimum Gasteiger partial charge on any atom is -0.258 e. The monoisotopic (exact) mass is 242 g/mol. The van der Waals surface area contributed by atoms with Crippen molar-refractivity contribution < 1.29 is 26.9 Å². The molecule has 0 saturated carbocycles. The van der Waals surface area contributed by atoms with Crippen molar-refractivity contribution >= 4 is 5.69 Å². The van der Waals surface area contributed by atoms with Gasteiger partial charge >= 0.3 is 6.18 Å². The molecule has 1 aromatic heterocycles. The molecule has 0 amide bonds. The second-order valence-electron chi connectivity index (χ2n) is 2.66. The van der Waals surface area contributed by atoms with E-state index < -0.39 is 34.6 Å². The van der Waals surface area contributed by atoms with Crippen LogP contribution in [0.1, 0.15) is 17.8 Å². The van der Waals surface area contributed by atoms with E-state index in [-0.39, 0.29) is 6.07 Å². The van der Waals surface area contributed by atoms with Gasteiger partial charge in [-0.1, -0.05) is 0 Å². The minimum absolute atomic E-state index is 0.282. The fourth-order valence-electron chi connectivity index (χ4n) is 0.940. The zero-order chi connectivity index (χ0) is 12.5. The zero-order valence-electron chi connectivity index (χ0n) is 7.33. The lowest BCUT2D eigenvalue weighted by atomic mass is 10.2. The molecule has 0 aliphatic carbocycles. The van der Waals surface area contributed by atoms with Crippen molar-refractivity contribution in [1.29, 1.82) is 0 Å². The van der Waals surface area contributed by atoms with Crippen LogP contribution in [0, 0.1) is 10.1 Å². The maximum Gasteiger partial charge on any atom is 0.433 e. The van der Waals surface area contributed by atoms with Gasteiger partial charge in [0.25, 0.3) is 12.1 Å². The summed E-state index contributed by atoms with van der Waals surface area (Å²) >= 11 is 0. The average molecular weight is 242 g/mol. The fourth-order valence-corrected chi connectivity index (χ4v) is 0.940. The van der Waals surface area contributed by atoms with Gasteiger partial charge in [0.15, 0.2) is 5.69 Å². The molecule has 1 aromatic rings. The number of hydrogen-bond donors (Lipinski definition) is 0. The van der Waals surface area contributed by atoms with Crippen molar-refractivity contribution in [3.8, 4) is 0 Å². The second-order valence-corrected chi connectivity index (χ2v) is 2.66. The molecule has 0 unspecified atom stereocenters. The molecule has 0 spiro atoms. The van der Waals surface area contributed by atoms with Gasteiger partial charge in [0.05, 0.1) is 4.92 Å². The summed E-state index contributed by atoms with van der Waals surface area (Å²) in [4.78, 5) is 11.6. The maximum atomic E-state index is 12.2. The summed E-state index contributed by atoms with van der Waals surface area (Å²) in [5.41, 5.74) is -4.21. The number of nitro groups is 1. The number of pyridine rings is 1. The van der Waals surface area contributed by atoms with Crippen LogP contribution in [-0.4, -0.2) is 9.91 Å². The predicted molar refractivity (Wildman–Crippen MR) is 40.9 cm³/mol. The van der Waals surface area contributed by atoms with Crippen molar-refractivity contribution in [2.75, 3.05) is 0 Å².